The lowest BCUT2D eigenvalue weighted by molar-refractivity contribution is 0.427. The van der Waals surface area contributed by atoms with Gasteiger partial charge in [0.1, 0.15) is 0 Å². The summed E-state index contributed by atoms with van der Waals surface area (Å²) in [6, 6.07) is 5.65. The van der Waals surface area contributed by atoms with Gasteiger partial charge in [-0.2, -0.15) is 0 Å². The van der Waals surface area contributed by atoms with E-state index in [0.29, 0.717) is 16.0 Å². The van der Waals surface area contributed by atoms with Gasteiger partial charge in [0.05, 0.1) is 10.0 Å². The number of rotatable bonds is 2. The largest absolute Gasteiger partial charge is 0.321 e. The lowest BCUT2D eigenvalue weighted by Gasteiger charge is -2.25. The third-order valence-electron chi connectivity index (χ3n) is 2.97. The summed E-state index contributed by atoms with van der Waals surface area (Å²) in [6.45, 7) is 2.06. The molecule has 2 N–H and O–H groups in total. The third-order valence-corrected chi connectivity index (χ3v) is 3.71. The Labute approximate surface area is 94.2 Å². The molecular weight excluding hydrogens is 217 g/mol. The van der Waals surface area contributed by atoms with E-state index < -0.39 is 0 Å². The number of nitrogens with two attached hydrogens (primary N) is 1. The van der Waals surface area contributed by atoms with Gasteiger partial charge in [0, 0.05) is 5.54 Å². The molecule has 14 heavy (non-hydrogen) atoms. The Morgan fingerprint density at radius 1 is 1.29 bits per heavy atom. The molecule has 0 amide bonds. The third kappa shape index (κ3) is 1.77. The first kappa shape index (κ1) is 10.3. The molecule has 1 fully saturated rings. The lowest BCUT2D eigenvalue weighted by Crippen LogP contribution is -2.35. The minimum atomic E-state index is -0.256. The predicted molar refractivity (Wildman–Crippen MR) is 60.7 cm³/mol. The van der Waals surface area contributed by atoms with E-state index in [1.165, 1.54) is 12.8 Å². The van der Waals surface area contributed by atoms with E-state index in [9.17, 15) is 0 Å². The van der Waals surface area contributed by atoms with Crippen LogP contribution in [0.15, 0.2) is 18.2 Å². The van der Waals surface area contributed by atoms with Crippen molar-refractivity contribution in [2.45, 2.75) is 25.3 Å². The van der Waals surface area contributed by atoms with Gasteiger partial charge in [-0.05, 0) is 43.4 Å². The van der Waals surface area contributed by atoms with E-state index in [1.807, 2.05) is 18.2 Å². The summed E-state index contributed by atoms with van der Waals surface area (Å²) in [4.78, 5) is 0. The van der Waals surface area contributed by atoms with E-state index in [-0.39, 0.29) is 5.54 Å². The Hall–Kier alpha value is -0.240. The van der Waals surface area contributed by atoms with Crippen LogP contribution < -0.4 is 5.73 Å². The Balaban J connectivity index is 2.36. The van der Waals surface area contributed by atoms with Gasteiger partial charge in [-0.3, -0.25) is 0 Å². The molecule has 0 saturated heterocycles. The standard InChI is InChI=1S/C11H13Cl2N/c1-11(14,7-2-3-7)8-4-5-9(12)10(13)6-8/h4-7H,2-3,14H2,1H3. The normalized spacial score (nSPS) is 20.6. The zero-order valence-electron chi connectivity index (χ0n) is 8.06. The first-order valence-corrected chi connectivity index (χ1v) is 5.52. The van der Waals surface area contributed by atoms with Crippen molar-refractivity contribution in [3.05, 3.63) is 33.8 Å². The summed E-state index contributed by atoms with van der Waals surface area (Å²) in [7, 11) is 0. The number of halogens is 2. The molecule has 0 radical (unpaired) electrons. The smallest absolute Gasteiger partial charge is 0.0595 e. The van der Waals surface area contributed by atoms with Crippen LogP contribution in [0.1, 0.15) is 25.3 Å². The SMILES string of the molecule is CC(N)(c1ccc(Cl)c(Cl)c1)C1CC1. The van der Waals surface area contributed by atoms with Gasteiger partial charge in [-0.15, -0.1) is 0 Å². The Kier molecular flexibility index (Phi) is 2.50. The second-order valence-electron chi connectivity index (χ2n) is 4.19. The van der Waals surface area contributed by atoms with Crippen LogP contribution in [0, 0.1) is 5.92 Å². The summed E-state index contributed by atoms with van der Waals surface area (Å²) in [5.41, 5.74) is 7.08. The molecule has 0 bridgehead atoms. The number of hydrogen-bond donors (Lipinski definition) is 1. The maximum absolute atomic E-state index is 6.26. The fourth-order valence-electron chi connectivity index (χ4n) is 1.75. The van der Waals surface area contributed by atoms with Crippen molar-refractivity contribution >= 4 is 23.2 Å². The Bertz CT molecular complexity index is 356. The molecule has 2 rings (SSSR count). The van der Waals surface area contributed by atoms with Crippen LogP contribution in [0.5, 0.6) is 0 Å². The first-order valence-electron chi connectivity index (χ1n) is 4.76. The van der Waals surface area contributed by atoms with Crippen molar-refractivity contribution in [3.63, 3.8) is 0 Å². The molecule has 1 saturated carbocycles. The number of benzene rings is 1. The van der Waals surface area contributed by atoms with E-state index in [2.05, 4.69) is 6.92 Å². The van der Waals surface area contributed by atoms with Gasteiger partial charge in [-0.25, -0.2) is 0 Å². The highest BCUT2D eigenvalue weighted by molar-refractivity contribution is 6.42. The first-order chi connectivity index (χ1) is 6.51. The van der Waals surface area contributed by atoms with E-state index in [1.54, 1.807) is 0 Å². The molecule has 1 nitrogen and oxygen atoms in total. The predicted octanol–water partition coefficient (Wildman–Crippen LogP) is 3.58. The van der Waals surface area contributed by atoms with Gasteiger partial charge in [0.25, 0.3) is 0 Å². The molecule has 1 aromatic carbocycles. The average molecular weight is 230 g/mol. The summed E-state index contributed by atoms with van der Waals surface area (Å²) in [6.07, 6.45) is 2.43. The van der Waals surface area contributed by atoms with Gasteiger partial charge in [0.2, 0.25) is 0 Å². The highest BCUT2D eigenvalue weighted by atomic mass is 35.5. The second kappa shape index (κ2) is 3.41. The van der Waals surface area contributed by atoms with Crippen LogP contribution in [-0.4, -0.2) is 0 Å². The van der Waals surface area contributed by atoms with Crippen LogP contribution in [0.3, 0.4) is 0 Å². The topological polar surface area (TPSA) is 26.0 Å². The van der Waals surface area contributed by atoms with Crippen molar-refractivity contribution < 1.29 is 0 Å². The zero-order valence-corrected chi connectivity index (χ0v) is 9.57. The van der Waals surface area contributed by atoms with Crippen molar-refractivity contribution in [2.75, 3.05) is 0 Å². The van der Waals surface area contributed by atoms with E-state index in [0.717, 1.165) is 5.56 Å². The zero-order chi connectivity index (χ0) is 10.3. The molecule has 1 aliphatic carbocycles. The molecule has 76 valence electrons. The molecule has 3 heteroatoms. The van der Waals surface area contributed by atoms with Crippen LogP contribution >= 0.6 is 23.2 Å². The minimum absolute atomic E-state index is 0.256. The fourth-order valence-corrected chi connectivity index (χ4v) is 2.05. The molecule has 0 spiro atoms. The van der Waals surface area contributed by atoms with Crippen molar-refractivity contribution in [1.29, 1.82) is 0 Å². The van der Waals surface area contributed by atoms with Gasteiger partial charge < -0.3 is 5.73 Å². The van der Waals surface area contributed by atoms with Crippen molar-refractivity contribution in [2.24, 2.45) is 11.7 Å². The molecule has 0 aromatic heterocycles. The van der Waals surface area contributed by atoms with Crippen LogP contribution in [0.25, 0.3) is 0 Å². The summed E-state index contributed by atoms with van der Waals surface area (Å²) < 4.78 is 0. The van der Waals surface area contributed by atoms with Crippen LogP contribution in [-0.2, 0) is 5.54 Å². The Morgan fingerprint density at radius 3 is 2.43 bits per heavy atom. The fraction of sp³-hybridized carbons (Fsp3) is 0.455. The maximum atomic E-state index is 6.26. The quantitative estimate of drug-likeness (QED) is 0.825. The summed E-state index contributed by atoms with van der Waals surface area (Å²) in [5.74, 6) is 0.597. The van der Waals surface area contributed by atoms with Gasteiger partial charge >= 0.3 is 0 Å². The van der Waals surface area contributed by atoms with Crippen molar-refractivity contribution in [1.82, 2.24) is 0 Å². The number of hydrogen-bond acceptors (Lipinski definition) is 1. The molecule has 0 heterocycles. The molecule has 1 aromatic rings. The summed E-state index contributed by atoms with van der Waals surface area (Å²) >= 11 is 11.8. The van der Waals surface area contributed by atoms with E-state index >= 15 is 0 Å². The molecular formula is C11H13Cl2N. The average Bonchev–Trinajstić information content (AvgIpc) is 2.92. The Morgan fingerprint density at radius 2 is 1.93 bits per heavy atom. The molecule has 1 atom stereocenters. The van der Waals surface area contributed by atoms with Crippen molar-refractivity contribution in [3.8, 4) is 0 Å². The van der Waals surface area contributed by atoms with Gasteiger partial charge in [0.15, 0.2) is 0 Å². The highest BCUT2D eigenvalue weighted by Crippen LogP contribution is 2.44. The highest BCUT2D eigenvalue weighted by Gasteiger charge is 2.39. The maximum Gasteiger partial charge on any atom is 0.0595 e. The monoisotopic (exact) mass is 229 g/mol. The van der Waals surface area contributed by atoms with Crippen LogP contribution in [0.2, 0.25) is 10.0 Å². The van der Waals surface area contributed by atoms with Gasteiger partial charge in [-0.1, -0.05) is 29.3 Å². The van der Waals surface area contributed by atoms with E-state index in [4.69, 9.17) is 28.9 Å². The lowest BCUT2D eigenvalue weighted by atomic mass is 9.88. The molecule has 1 aliphatic rings. The second-order valence-corrected chi connectivity index (χ2v) is 5.00. The van der Waals surface area contributed by atoms with Crippen LogP contribution in [0.4, 0.5) is 0 Å². The molecule has 1 unspecified atom stereocenters. The minimum Gasteiger partial charge on any atom is -0.321 e. The molecule has 0 aliphatic heterocycles. The summed E-state index contributed by atoms with van der Waals surface area (Å²) in [5, 5.41) is 1.17.